The number of carbonyl (C=O) groups is 2. The molecule has 0 saturated heterocycles. The molecule has 0 spiro atoms. The quantitative estimate of drug-likeness (QED) is 0.0788. The van der Waals surface area contributed by atoms with Gasteiger partial charge in [0.2, 0.25) is 6.43 Å². The van der Waals surface area contributed by atoms with Gasteiger partial charge in [0.05, 0.1) is 12.2 Å². The fourth-order valence-corrected chi connectivity index (χ4v) is 10.5. The molecule has 1 aromatic rings. The highest BCUT2D eigenvalue weighted by molar-refractivity contribution is 5.89. The third-order valence-corrected chi connectivity index (χ3v) is 13.8. The molecule has 4 N–H and O–H groups in total. The summed E-state index contributed by atoms with van der Waals surface area (Å²) in [6.07, 6.45) is 14.2. The highest BCUT2D eigenvalue weighted by Gasteiger charge is 2.63. The van der Waals surface area contributed by atoms with Crippen LogP contribution in [-0.2, 0) is 9.53 Å². The van der Waals surface area contributed by atoms with Gasteiger partial charge in [0.15, 0.2) is 0 Å². The molecule has 0 radical (unpaired) electrons. The van der Waals surface area contributed by atoms with Gasteiger partial charge in [-0.15, -0.1) is 0 Å². The van der Waals surface area contributed by atoms with Crippen molar-refractivity contribution in [3.8, 4) is 0 Å². The molecule has 10 atom stereocenters. The van der Waals surface area contributed by atoms with Crippen LogP contribution < -0.4 is 10.6 Å². The number of esters is 1. The molecule has 4 aliphatic carbocycles. The maximum atomic E-state index is 13.5. The lowest BCUT2D eigenvalue weighted by atomic mass is 9.43. The van der Waals surface area contributed by atoms with Gasteiger partial charge in [-0.1, -0.05) is 119 Å². The Labute approximate surface area is 391 Å². The van der Waals surface area contributed by atoms with Gasteiger partial charge in [0.25, 0.3) is 0 Å². The molecule has 0 aliphatic heterocycles. The van der Waals surface area contributed by atoms with Gasteiger partial charge >= 0.3 is 18.1 Å². The standard InChI is InChI=1S/C36H57NO2.C5H13N.C3H7FO.C2HF3O2.C2H4F2.2C2H6/c1-5-7-9-13-16-27-17-18-30-33-31(20-22-35(27,30)3)36(4)21-19-29(37-23-8-6-2)24-28(36)25-32(33)39-34(38)26-14-11-10-12-15-26;1-3-4-5-6-2;1-3(4)2-5;3-2(4,5)1(6)7;1-2(3)4;2*1-2/h10-12,14-15,27-33,37H,5-9,13,16-25H2,1-4H3;6H,3-5H2,1-2H3;3,5H,2H2,1H3;(H,6,7);2H,1H3;2*1-2H3/t27?,28-,29?,30?,31?,32-,33?,35?,36?;;;;;;/m1....../s1. The van der Waals surface area contributed by atoms with Crippen molar-refractivity contribution < 1.29 is 50.9 Å². The first kappa shape index (κ1) is 64.7. The van der Waals surface area contributed by atoms with Crippen LogP contribution in [0.1, 0.15) is 196 Å². The summed E-state index contributed by atoms with van der Waals surface area (Å²) in [5.74, 6) is 0.580. The first-order chi connectivity index (χ1) is 30.8. The first-order valence-corrected chi connectivity index (χ1v) is 25.2. The third kappa shape index (κ3) is 23.5. The molecule has 1 aromatic carbocycles. The summed E-state index contributed by atoms with van der Waals surface area (Å²) in [4.78, 5) is 22.4. The van der Waals surface area contributed by atoms with E-state index < -0.39 is 24.7 Å². The zero-order chi connectivity index (χ0) is 50.2. The predicted molar refractivity (Wildman–Crippen MR) is 256 cm³/mol. The number of carboxylic acids is 1. The van der Waals surface area contributed by atoms with E-state index in [1.165, 1.54) is 110 Å². The smallest absolute Gasteiger partial charge is 0.475 e. The molecule has 0 heterocycles. The zero-order valence-corrected chi connectivity index (χ0v) is 42.6. The van der Waals surface area contributed by atoms with E-state index in [4.69, 9.17) is 19.7 Å². The molecule has 65 heavy (non-hydrogen) atoms. The monoisotopic (exact) mass is 941 g/mol. The summed E-state index contributed by atoms with van der Waals surface area (Å²) in [5.41, 5.74) is 1.53. The predicted octanol–water partition coefficient (Wildman–Crippen LogP) is 14.5. The minimum absolute atomic E-state index is 0.0682. The Morgan fingerprint density at radius 2 is 1.29 bits per heavy atom. The lowest BCUT2D eigenvalue weighted by Crippen LogP contribution is -2.60. The molecule has 13 heteroatoms. The molecule has 7 nitrogen and oxygen atoms in total. The van der Waals surface area contributed by atoms with Crippen LogP contribution in [0.2, 0.25) is 0 Å². The van der Waals surface area contributed by atoms with Gasteiger partial charge in [-0.3, -0.25) is 0 Å². The molecule has 5 rings (SSSR count). The van der Waals surface area contributed by atoms with Crippen LogP contribution in [0.5, 0.6) is 0 Å². The topological polar surface area (TPSA) is 108 Å². The number of aliphatic hydroxyl groups is 1. The normalized spacial score (nSPS) is 27.6. The summed E-state index contributed by atoms with van der Waals surface area (Å²) in [6.45, 7) is 24.2. The number of benzene rings is 1. The Hall–Kier alpha value is -2.38. The largest absolute Gasteiger partial charge is 0.490 e. The number of carboxylic acid groups (broad SMARTS) is 1. The lowest BCUT2D eigenvalue weighted by molar-refractivity contribution is -0.192. The molecule has 8 unspecified atom stereocenters. The van der Waals surface area contributed by atoms with Gasteiger partial charge in [-0.25, -0.2) is 22.8 Å². The van der Waals surface area contributed by atoms with Crippen molar-refractivity contribution in [3.63, 3.8) is 0 Å². The highest BCUT2D eigenvalue weighted by atomic mass is 19.4. The number of aliphatic carboxylic acids is 1. The summed E-state index contributed by atoms with van der Waals surface area (Å²) in [5, 5.41) is 21.9. The Bertz CT molecular complexity index is 1320. The minimum Gasteiger partial charge on any atom is -0.475 e. The van der Waals surface area contributed by atoms with Crippen molar-refractivity contribution in [1.29, 1.82) is 0 Å². The van der Waals surface area contributed by atoms with Gasteiger partial charge in [-0.05, 0) is 151 Å². The van der Waals surface area contributed by atoms with Crippen LogP contribution in [0.4, 0.5) is 26.3 Å². The number of unbranched alkanes of at least 4 members (excludes halogenated alkanes) is 5. The van der Waals surface area contributed by atoms with Crippen LogP contribution in [0.25, 0.3) is 0 Å². The molecule has 384 valence electrons. The fourth-order valence-electron chi connectivity index (χ4n) is 10.5. The second kappa shape index (κ2) is 35.7. The van der Waals surface area contributed by atoms with Crippen molar-refractivity contribution in [3.05, 3.63) is 35.9 Å². The first-order valence-electron chi connectivity index (χ1n) is 25.2. The maximum Gasteiger partial charge on any atom is 0.490 e. The number of halogens is 6. The van der Waals surface area contributed by atoms with Crippen LogP contribution >= 0.6 is 0 Å². The van der Waals surface area contributed by atoms with Crippen molar-refractivity contribution in [2.45, 2.75) is 216 Å². The zero-order valence-electron chi connectivity index (χ0n) is 42.6. The van der Waals surface area contributed by atoms with Gasteiger partial charge in [0, 0.05) is 12.0 Å². The number of fused-ring (bicyclic) bond motifs is 5. The number of alkyl halides is 6. The van der Waals surface area contributed by atoms with E-state index in [9.17, 15) is 31.1 Å². The highest BCUT2D eigenvalue weighted by Crippen LogP contribution is 2.68. The van der Waals surface area contributed by atoms with E-state index in [1.54, 1.807) is 0 Å². The Morgan fingerprint density at radius 1 is 0.785 bits per heavy atom. The van der Waals surface area contributed by atoms with Crippen LogP contribution in [0, 0.1) is 40.4 Å². The summed E-state index contributed by atoms with van der Waals surface area (Å²) < 4.78 is 70.2. The number of ether oxygens (including phenoxy) is 1. The fraction of sp³-hybridized carbons (Fsp3) is 0.846. The number of nitrogens with one attached hydrogen (secondary N) is 2. The molecular formula is C52H94F6N2O5. The van der Waals surface area contributed by atoms with E-state index in [-0.39, 0.29) is 18.7 Å². The van der Waals surface area contributed by atoms with E-state index in [2.05, 4.69) is 45.3 Å². The van der Waals surface area contributed by atoms with E-state index >= 15 is 0 Å². The van der Waals surface area contributed by atoms with Crippen molar-refractivity contribution >= 4 is 11.9 Å². The van der Waals surface area contributed by atoms with Crippen molar-refractivity contribution in [2.75, 3.05) is 26.7 Å². The van der Waals surface area contributed by atoms with E-state index in [0.717, 1.165) is 32.4 Å². The Balaban J connectivity index is 0. The van der Waals surface area contributed by atoms with Crippen LogP contribution in [0.15, 0.2) is 30.3 Å². The average Bonchev–Trinajstić information content (AvgIpc) is 3.62. The molecule has 0 amide bonds. The second-order valence-corrected chi connectivity index (χ2v) is 18.2. The SMILES string of the molecule is CC.CC.CC(F)CO.CC(F)F.CCCCCCC1CCC2C3C(CCC12C)C1(C)CCC(NCCCC)C[C@@H]1C[C@H]3OC(=O)c1ccccc1.CCCCNC.O=C(O)C(F)(F)F. The molecule has 0 aromatic heterocycles. The number of hydrogen-bond acceptors (Lipinski definition) is 6. The Morgan fingerprint density at radius 3 is 1.77 bits per heavy atom. The van der Waals surface area contributed by atoms with Crippen molar-refractivity contribution in [2.24, 2.45) is 40.4 Å². The number of rotatable bonds is 15. The summed E-state index contributed by atoms with van der Waals surface area (Å²) in [7, 11) is 1.98. The number of hydrogen-bond donors (Lipinski definition) is 4. The Kier molecular flexibility index (Phi) is 35.6. The van der Waals surface area contributed by atoms with Crippen LogP contribution in [-0.4, -0.2) is 79.8 Å². The minimum atomic E-state index is -5.08. The number of carbonyl (C=O) groups excluding carboxylic acids is 1. The molecule has 4 fully saturated rings. The maximum absolute atomic E-state index is 13.5. The van der Waals surface area contributed by atoms with Gasteiger partial charge in [0.1, 0.15) is 12.3 Å². The molecule has 0 bridgehead atoms. The average molecular weight is 941 g/mol. The lowest BCUT2D eigenvalue weighted by Gasteiger charge is -2.63. The summed E-state index contributed by atoms with van der Waals surface area (Å²) in [6, 6.07) is 10.4. The van der Waals surface area contributed by atoms with E-state index in [0.29, 0.717) is 46.1 Å². The third-order valence-electron chi connectivity index (χ3n) is 13.8. The molecule has 4 saturated carbocycles. The van der Waals surface area contributed by atoms with Gasteiger partial charge in [-0.2, -0.15) is 13.2 Å². The van der Waals surface area contributed by atoms with Crippen molar-refractivity contribution in [1.82, 2.24) is 10.6 Å². The molecular weight excluding hydrogens is 847 g/mol. The molecule has 4 aliphatic rings. The number of aliphatic hydroxyl groups excluding tert-OH is 1. The van der Waals surface area contributed by atoms with E-state index in [1.807, 2.05) is 65.1 Å². The van der Waals surface area contributed by atoms with Crippen LogP contribution in [0.3, 0.4) is 0 Å². The summed E-state index contributed by atoms with van der Waals surface area (Å²) >= 11 is 0. The van der Waals surface area contributed by atoms with Gasteiger partial charge < -0.3 is 25.6 Å². The second-order valence-electron chi connectivity index (χ2n) is 18.2.